The number of aliphatic carboxylic acids is 1. The molecule has 10 heteroatoms. The molecule has 0 aliphatic carbocycles. The number of hydrogen-bond acceptors (Lipinski definition) is 6. The Bertz CT molecular complexity index is 881. The standard InChI is InChI=1S/C17H17NO8S/c19-16(20)15(18-17(21)25-11-13-4-2-1-3-5-13)10-12-6-8-14(9-7-12)26-27(22,23)24/h1-9,15H,10-11H2,(H,18,21)(H,19,20)(H,22,23,24)/t15-/m0/s1. The van der Waals surface area contributed by atoms with Crippen molar-refractivity contribution in [2.75, 3.05) is 0 Å². The average molecular weight is 395 g/mol. The summed E-state index contributed by atoms with van der Waals surface area (Å²) in [4.78, 5) is 23.2. The van der Waals surface area contributed by atoms with Gasteiger partial charge < -0.3 is 19.3 Å². The molecule has 27 heavy (non-hydrogen) atoms. The minimum atomic E-state index is -4.64. The molecule has 2 aromatic rings. The molecule has 2 rings (SSSR count). The minimum absolute atomic E-state index is 0.000676. The van der Waals surface area contributed by atoms with E-state index in [-0.39, 0.29) is 18.8 Å². The van der Waals surface area contributed by atoms with Gasteiger partial charge in [0.2, 0.25) is 0 Å². The predicted molar refractivity (Wildman–Crippen MR) is 93.5 cm³/mol. The highest BCUT2D eigenvalue weighted by Crippen LogP contribution is 2.15. The van der Waals surface area contributed by atoms with Gasteiger partial charge in [0.1, 0.15) is 18.4 Å². The fourth-order valence-electron chi connectivity index (χ4n) is 2.15. The first-order chi connectivity index (χ1) is 12.7. The van der Waals surface area contributed by atoms with Crippen LogP contribution in [0.4, 0.5) is 4.79 Å². The highest BCUT2D eigenvalue weighted by Gasteiger charge is 2.21. The van der Waals surface area contributed by atoms with Gasteiger partial charge in [0.15, 0.2) is 0 Å². The third kappa shape index (κ3) is 7.34. The zero-order chi connectivity index (χ0) is 19.9. The molecule has 0 unspecified atom stereocenters. The van der Waals surface area contributed by atoms with E-state index in [2.05, 4.69) is 9.50 Å². The average Bonchev–Trinajstić information content (AvgIpc) is 2.60. The number of alkyl carbamates (subject to hydrolysis) is 1. The van der Waals surface area contributed by atoms with Crippen molar-refractivity contribution in [3.05, 3.63) is 65.7 Å². The van der Waals surface area contributed by atoms with E-state index in [9.17, 15) is 23.1 Å². The van der Waals surface area contributed by atoms with Crippen LogP contribution in [0.2, 0.25) is 0 Å². The Balaban J connectivity index is 1.92. The maximum Gasteiger partial charge on any atom is 0.446 e. The number of nitrogens with one attached hydrogen (secondary N) is 1. The molecule has 0 saturated carbocycles. The van der Waals surface area contributed by atoms with Crippen LogP contribution >= 0.6 is 0 Å². The van der Waals surface area contributed by atoms with Crippen molar-refractivity contribution < 1.29 is 36.6 Å². The summed E-state index contributed by atoms with van der Waals surface area (Å²) in [6, 6.07) is 13.0. The Labute approximate surface area is 155 Å². The monoisotopic (exact) mass is 395 g/mol. The zero-order valence-electron chi connectivity index (χ0n) is 13.9. The molecule has 2 aromatic carbocycles. The van der Waals surface area contributed by atoms with Crippen molar-refractivity contribution in [2.24, 2.45) is 0 Å². The van der Waals surface area contributed by atoms with Gasteiger partial charge in [-0.15, -0.1) is 0 Å². The second-order valence-corrected chi connectivity index (χ2v) is 6.48. The number of rotatable bonds is 8. The van der Waals surface area contributed by atoms with E-state index < -0.39 is 28.5 Å². The smallest absolute Gasteiger partial charge is 0.446 e. The first kappa shape index (κ1) is 20.2. The topological polar surface area (TPSA) is 139 Å². The Morgan fingerprint density at radius 1 is 1.00 bits per heavy atom. The number of carbonyl (C=O) groups excluding carboxylic acids is 1. The lowest BCUT2D eigenvalue weighted by molar-refractivity contribution is -0.139. The Kier molecular flexibility index (Phi) is 6.74. The lowest BCUT2D eigenvalue weighted by Gasteiger charge is -2.15. The molecule has 0 heterocycles. The van der Waals surface area contributed by atoms with Crippen molar-refractivity contribution in [3.63, 3.8) is 0 Å². The van der Waals surface area contributed by atoms with E-state index in [1.165, 1.54) is 24.3 Å². The molecule has 0 aliphatic rings. The van der Waals surface area contributed by atoms with Crippen molar-refractivity contribution >= 4 is 22.5 Å². The molecule has 144 valence electrons. The maximum absolute atomic E-state index is 11.8. The highest BCUT2D eigenvalue weighted by molar-refractivity contribution is 7.81. The van der Waals surface area contributed by atoms with Gasteiger partial charge in [-0.1, -0.05) is 42.5 Å². The van der Waals surface area contributed by atoms with Crippen LogP contribution in [0, 0.1) is 0 Å². The second kappa shape index (κ2) is 9.01. The molecule has 0 radical (unpaired) electrons. The van der Waals surface area contributed by atoms with Crippen molar-refractivity contribution in [2.45, 2.75) is 19.1 Å². The molecule has 0 aliphatic heterocycles. The van der Waals surface area contributed by atoms with Gasteiger partial charge in [-0.3, -0.25) is 4.55 Å². The Morgan fingerprint density at radius 2 is 1.63 bits per heavy atom. The lowest BCUT2D eigenvalue weighted by Crippen LogP contribution is -2.42. The van der Waals surface area contributed by atoms with Gasteiger partial charge in [0.25, 0.3) is 0 Å². The van der Waals surface area contributed by atoms with Gasteiger partial charge in [0, 0.05) is 6.42 Å². The molecular weight excluding hydrogens is 378 g/mol. The quantitative estimate of drug-likeness (QED) is 0.575. The van der Waals surface area contributed by atoms with E-state index in [4.69, 9.17) is 9.29 Å². The van der Waals surface area contributed by atoms with Gasteiger partial charge in [-0.05, 0) is 23.3 Å². The van der Waals surface area contributed by atoms with E-state index in [1.54, 1.807) is 24.3 Å². The van der Waals surface area contributed by atoms with Crippen LogP contribution in [-0.4, -0.2) is 36.2 Å². The SMILES string of the molecule is O=C(N[C@@H](Cc1ccc(OS(=O)(=O)O)cc1)C(=O)O)OCc1ccccc1. The van der Waals surface area contributed by atoms with Crippen molar-refractivity contribution in [1.29, 1.82) is 0 Å². The van der Waals surface area contributed by atoms with Crippen LogP contribution in [-0.2, 0) is 33.0 Å². The summed E-state index contributed by atoms with van der Waals surface area (Å²) in [6.45, 7) is 0.000676. The molecule has 9 nitrogen and oxygen atoms in total. The van der Waals surface area contributed by atoms with E-state index in [1.807, 2.05) is 6.07 Å². The molecular formula is C17H17NO8S. The summed E-state index contributed by atoms with van der Waals surface area (Å²) >= 11 is 0. The summed E-state index contributed by atoms with van der Waals surface area (Å²) in [7, 11) is -4.64. The molecule has 0 aromatic heterocycles. The largest absolute Gasteiger partial charge is 0.480 e. The van der Waals surface area contributed by atoms with Crippen molar-refractivity contribution in [1.82, 2.24) is 5.32 Å². The number of carboxylic acids is 1. The van der Waals surface area contributed by atoms with Crippen LogP contribution in [0.5, 0.6) is 5.75 Å². The molecule has 1 atom stereocenters. The molecule has 0 saturated heterocycles. The van der Waals surface area contributed by atoms with Gasteiger partial charge in [-0.2, -0.15) is 8.42 Å². The second-order valence-electron chi connectivity index (χ2n) is 5.46. The minimum Gasteiger partial charge on any atom is -0.480 e. The number of carboxylic acid groups (broad SMARTS) is 1. The molecule has 1 amide bonds. The Hall–Kier alpha value is -3.11. The van der Waals surface area contributed by atoms with E-state index in [0.29, 0.717) is 5.56 Å². The molecule has 0 spiro atoms. The van der Waals surface area contributed by atoms with E-state index >= 15 is 0 Å². The highest BCUT2D eigenvalue weighted by atomic mass is 32.3. The number of carbonyl (C=O) groups is 2. The normalized spacial score (nSPS) is 12.0. The third-order valence-electron chi connectivity index (χ3n) is 3.37. The fourth-order valence-corrected chi connectivity index (χ4v) is 2.50. The van der Waals surface area contributed by atoms with Crippen LogP contribution in [0.3, 0.4) is 0 Å². The summed E-state index contributed by atoms with van der Waals surface area (Å²) in [5, 5.41) is 11.5. The first-order valence-electron chi connectivity index (χ1n) is 7.69. The molecule has 0 bridgehead atoms. The first-order valence-corrected chi connectivity index (χ1v) is 9.05. The summed E-state index contributed by atoms with van der Waals surface area (Å²) in [5.74, 6) is -1.40. The van der Waals surface area contributed by atoms with Crippen LogP contribution in [0.15, 0.2) is 54.6 Å². The predicted octanol–water partition coefficient (Wildman–Crippen LogP) is 1.79. The molecule has 3 N–H and O–H groups in total. The summed E-state index contributed by atoms with van der Waals surface area (Å²) in [5.41, 5.74) is 1.25. The van der Waals surface area contributed by atoms with Crippen LogP contribution in [0.1, 0.15) is 11.1 Å². The maximum atomic E-state index is 11.8. The number of benzene rings is 2. The van der Waals surface area contributed by atoms with Crippen LogP contribution < -0.4 is 9.50 Å². The Morgan fingerprint density at radius 3 is 2.19 bits per heavy atom. The summed E-state index contributed by atoms with van der Waals surface area (Å²) in [6.07, 6.45) is -0.945. The third-order valence-corrected chi connectivity index (χ3v) is 3.77. The number of hydrogen-bond donors (Lipinski definition) is 3. The lowest BCUT2D eigenvalue weighted by atomic mass is 10.1. The fraction of sp³-hybridized carbons (Fsp3) is 0.176. The van der Waals surface area contributed by atoms with Gasteiger partial charge in [-0.25, -0.2) is 9.59 Å². The number of amides is 1. The van der Waals surface area contributed by atoms with Crippen molar-refractivity contribution in [3.8, 4) is 5.75 Å². The van der Waals surface area contributed by atoms with E-state index in [0.717, 1.165) is 5.56 Å². The summed E-state index contributed by atoms with van der Waals surface area (Å²) < 4.78 is 39.1. The zero-order valence-corrected chi connectivity index (χ0v) is 14.8. The number of ether oxygens (including phenoxy) is 1. The van der Waals surface area contributed by atoms with Crippen LogP contribution in [0.25, 0.3) is 0 Å². The van der Waals surface area contributed by atoms with Gasteiger partial charge >= 0.3 is 22.5 Å². The van der Waals surface area contributed by atoms with Gasteiger partial charge in [0.05, 0.1) is 0 Å². The molecule has 0 fully saturated rings.